The molecule has 0 unspecified atom stereocenters. The minimum atomic E-state index is 0.634. The van der Waals surface area contributed by atoms with Gasteiger partial charge in [0.05, 0.1) is 0 Å². The smallest absolute Gasteiger partial charge is 0.173 e. The molecule has 1 aromatic rings. The summed E-state index contributed by atoms with van der Waals surface area (Å²) < 4.78 is 0. The number of nitrogens with one attached hydrogen (secondary N) is 1. The molecule has 0 heterocycles. The fraction of sp³-hybridized carbons (Fsp3) is 0.214. The quantitative estimate of drug-likeness (QED) is 0.648. The first-order valence-corrected chi connectivity index (χ1v) is 6.41. The standard InChI is InChI=1S/C14H17ClN2S/c1-4-8-17(9-5-2)14(18)16-12-7-6-11(3)13(15)10-12/h4-7,10H,1-2,8-9H2,3H3,(H,16,18). The molecule has 1 N–H and O–H groups in total. The molecule has 2 nitrogen and oxygen atoms in total. The fourth-order valence-electron chi connectivity index (χ4n) is 1.43. The maximum Gasteiger partial charge on any atom is 0.173 e. The number of thiocarbonyl (C=S) groups is 1. The average molecular weight is 281 g/mol. The van der Waals surface area contributed by atoms with Gasteiger partial charge in [-0.1, -0.05) is 29.8 Å². The molecule has 0 saturated carbocycles. The minimum absolute atomic E-state index is 0.634. The highest BCUT2D eigenvalue weighted by Crippen LogP contribution is 2.20. The van der Waals surface area contributed by atoms with Gasteiger partial charge in [0.1, 0.15) is 0 Å². The molecule has 0 amide bonds. The number of aryl methyl sites for hydroxylation is 1. The lowest BCUT2D eigenvalue weighted by Crippen LogP contribution is -2.34. The molecule has 0 aliphatic heterocycles. The molecule has 96 valence electrons. The Kier molecular flexibility index (Phi) is 5.89. The van der Waals surface area contributed by atoms with Crippen molar-refractivity contribution in [2.45, 2.75) is 6.92 Å². The van der Waals surface area contributed by atoms with E-state index in [-0.39, 0.29) is 0 Å². The van der Waals surface area contributed by atoms with Crippen molar-refractivity contribution in [2.24, 2.45) is 0 Å². The van der Waals surface area contributed by atoms with Crippen LogP contribution in [0.4, 0.5) is 5.69 Å². The topological polar surface area (TPSA) is 15.3 Å². The Bertz CT molecular complexity index is 447. The van der Waals surface area contributed by atoms with Crippen molar-refractivity contribution in [3.8, 4) is 0 Å². The molecule has 0 radical (unpaired) electrons. The van der Waals surface area contributed by atoms with Gasteiger partial charge in [0.25, 0.3) is 0 Å². The zero-order valence-electron chi connectivity index (χ0n) is 10.4. The number of hydrogen-bond acceptors (Lipinski definition) is 1. The van der Waals surface area contributed by atoms with Gasteiger partial charge in [-0.2, -0.15) is 0 Å². The lowest BCUT2D eigenvalue weighted by atomic mass is 10.2. The number of anilines is 1. The van der Waals surface area contributed by atoms with E-state index in [0.29, 0.717) is 18.2 Å². The summed E-state index contributed by atoms with van der Waals surface area (Å²) in [7, 11) is 0. The van der Waals surface area contributed by atoms with E-state index in [1.54, 1.807) is 12.2 Å². The van der Waals surface area contributed by atoms with Crippen molar-refractivity contribution < 1.29 is 0 Å². The van der Waals surface area contributed by atoms with Crippen LogP contribution in [0.15, 0.2) is 43.5 Å². The van der Waals surface area contributed by atoms with Gasteiger partial charge in [-0.3, -0.25) is 0 Å². The van der Waals surface area contributed by atoms with Crippen LogP contribution in [0.1, 0.15) is 5.56 Å². The molecular weight excluding hydrogens is 264 g/mol. The van der Waals surface area contributed by atoms with Gasteiger partial charge < -0.3 is 10.2 Å². The summed E-state index contributed by atoms with van der Waals surface area (Å²) in [5.41, 5.74) is 1.93. The highest BCUT2D eigenvalue weighted by molar-refractivity contribution is 7.80. The minimum Gasteiger partial charge on any atom is -0.342 e. The Morgan fingerprint density at radius 2 is 2.00 bits per heavy atom. The third-order valence-electron chi connectivity index (χ3n) is 2.41. The monoisotopic (exact) mass is 280 g/mol. The predicted octanol–water partition coefficient (Wildman–Crippen LogP) is 4.02. The second-order valence-corrected chi connectivity index (χ2v) is 4.67. The lowest BCUT2D eigenvalue weighted by molar-refractivity contribution is 0.522. The second-order valence-electron chi connectivity index (χ2n) is 3.88. The molecule has 0 bridgehead atoms. The Labute approximate surface area is 119 Å². The van der Waals surface area contributed by atoms with Gasteiger partial charge in [-0.05, 0) is 36.8 Å². The van der Waals surface area contributed by atoms with Crippen LogP contribution in [-0.4, -0.2) is 23.1 Å². The maximum absolute atomic E-state index is 6.07. The van der Waals surface area contributed by atoms with E-state index in [4.69, 9.17) is 23.8 Å². The van der Waals surface area contributed by atoms with Crippen LogP contribution in [0, 0.1) is 6.92 Å². The number of rotatable bonds is 5. The second kappa shape index (κ2) is 7.19. The molecule has 0 fully saturated rings. The Morgan fingerprint density at radius 3 is 2.50 bits per heavy atom. The van der Waals surface area contributed by atoms with E-state index in [1.165, 1.54) is 0 Å². The summed E-state index contributed by atoms with van der Waals surface area (Å²) in [6.07, 6.45) is 3.61. The average Bonchev–Trinajstić information content (AvgIpc) is 2.33. The normalized spacial score (nSPS) is 9.67. The van der Waals surface area contributed by atoms with Crippen molar-refractivity contribution in [1.82, 2.24) is 4.90 Å². The van der Waals surface area contributed by atoms with E-state index in [0.717, 1.165) is 16.3 Å². The van der Waals surface area contributed by atoms with Gasteiger partial charge in [-0.15, -0.1) is 13.2 Å². The van der Waals surface area contributed by atoms with Crippen molar-refractivity contribution in [2.75, 3.05) is 18.4 Å². The number of benzene rings is 1. The maximum atomic E-state index is 6.07. The molecule has 4 heteroatoms. The Balaban J connectivity index is 2.75. The molecule has 0 aliphatic carbocycles. The van der Waals surface area contributed by atoms with Crippen LogP contribution >= 0.6 is 23.8 Å². The lowest BCUT2D eigenvalue weighted by Gasteiger charge is -2.23. The molecule has 0 aromatic heterocycles. The van der Waals surface area contributed by atoms with E-state index in [1.807, 2.05) is 30.0 Å². The van der Waals surface area contributed by atoms with E-state index >= 15 is 0 Å². The van der Waals surface area contributed by atoms with Crippen LogP contribution in [0.5, 0.6) is 0 Å². The van der Waals surface area contributed by atoms with Crippen molar-refractivity contribution in [1.29, 1.82) is 0 Å². The van der Waals surface area contributed by atoms with Crippen LogP contribution in [0.3, 0.4) is 0 Å². The van der Waals surface area contributed by atoms with Crippen molar-refractivity contribution in [3.05, 3.63) is 54.1 Å². The van der Waals surface area contributed by atoms with Gasteiger partial charge >= 0.3 is 0 Å². The van der Waals surface area contributed by atoms with Crippen molar-refractivity contribution in [3.63, 3.8) is 0 Å². The summed E-state index contributed by atoms with van der Waals surface area (Å²) in [6, 6.07) is 5.77. The van der Waals surface area contributed by atoms with Crippen molar-refractivity contribution >= 4 is 34.6 Å². The molecule has 0 spiro atoms. The molecule has 18 heavy (non-hydrogen) atoms. The van der Waals surface area contributed by atoms with E-state index in [9.17, 15) is 0 Å². The Morgan fingerprint density at radius 1 is 1.39 bits per heavy atom. The summed E-state index contributed by atoms with van der Waals surface area (Å²) in [5.74, 6) is 0. The summed E-state index contributed by atoms with van der Waals surface area (Å²) in [6.45, 7) is 10.7. The van der Waals surface area contributed by atoms with E-state index in [2.05, 4.69) is 18.5 Å². The number of nitrogens with zero attached hydrogens (tertiary/aromatic N) is 1. The SMILES string of the molecule is C=CCN(CC=C)C(=S)Nc1ccc(C)c(Cl)c1. The summed E-state index contributed by atoms with van der Waals surface area (Å²) >= 11 is 11.4. The van der Waals surface area contributed by atoms with Gasteiger partial charge in [0.15, 0.2) is 5.11 Å². The highest BCUT2D eigenvalue weighted by atomic mass is 35.5. The van der Waals surface area contributed by atoms with Crippen LogP contribution in [0.2, 0.25) is 5.02 Å². The fourth-order valence-corrected chi connectivity index (χ4v) is 1.87. The van der Waals surface area contributed by atoms with Crippen LogP contribution in [-0.2, 0) is 0 Å². The third-order valence-corrected chi connectivity index (χ3v) is 3.18. The zero-order valence-corrected chi connectivity index (χ0v) is 12.0. The van der Waals surface area contributed by atoms with E-state index < -0.39 is 0 Å². The van der Waals surface area contributed by atoms with Crippen LogP contribution < -0.4 is 5.32 Å². The predicted molar refractivity (Wildman–Crippen MR) is 84.4 cm³/mol. The molecule has 1 rings (SSSR count). The zero-order chi connectivity index (χ0) is 13.5. The number of hydrogen-bond donors (Lipinski definition) is 1. The molecular formula is C14H17ClN2S. The third kappa shape index (κ3) is 4.17. The van der Waals surface area contributed by atoms with Gasteiger partial charge in [0, 0.05) is 23.8 Å². The highest BCUT2D eigenvalue weighted by Gasteiger charge is 2.07. The number of halogens is 1. The molecule has 1 aromatic carbocycles. The molecule has 0 aliphatic rings. The first-order chi connectivity index (χ1) is 8.58. The van der Waals surface area contributed by atoms with Gasteiger partial charge in [-0.25, -0.2) is 0 Å². The first kappa shape index (κ1) is 14.7. The summed E-state index contributed by atoms with van der Waals surface area (Å²) in [4.78, 5) is 1.96. The Hall–Kier alpha value is -1.32. The molecule has 0 saturated heterocycles. The largest absolute Gasteiger partial charge is 0.342 e. The first-order valence-electron chi connectivity index (χ1n) is 5.62. The summed E-state index contributed by atoms with van der Waals surface area (Å²) in [5, 5.41) is 4.51. The van der Waals surface area contributed by atoms with Gasteiger partial charge in [0.2, 0.25) is 0 Å². The molecule has 0 atom stereocenters. The van der Waals surface area contributed by atoms with Crippen LogP contribution in [0.25, 0.3) is 0 Å².